The second-order valence-electron chi connectivity index (χ2n) is 7.34. The van der Waals surface area contributed by atoms with E-state index in [1.54, 1.807) is 48.3 Å². The molecular weight excluding hydrogens is 469 g/mol. The fraction of sp³-hybridized carbons (Fsp3) is 0.208. The normalized spacial score (nSPS) is 12.2. The summed E-state index contributed by atoms with van der Waals surface area (Å²) >= 11 is 12.2. The number of likely N-dealkylation sites (N-methyl/N-ethyl adjacent to an activating group) is 1. The van der Waals surface area contributed by atoms with Crippen LogP contribution >= 0.6 is 23.2 Å². The predicted molar refractivity (Wildman–Crippen MR) is 127 cm³/mol. The number of nitrogens with zero attached hydrogens (tertiary/aromatic N) is 1. The minimum atomic E-state index is -3.93. The van der Waals surface area contributed by atoms with E-state index in [2.05, 4.69) is 0 Å². The molecule has 0 fully saturated rings. The molecule has 1 unspecified atom stereocenters. The summed E-state index contributed by atoms with van der Waals surface area (Å²) < 4.78 is 29.9. The number of halogens is 2. The number of amides is 1. The van der Waals surface area contributed by atoms with Crippen molar-refractivity contribution >= 4 is 39.2 Å². The van der Waals surface area contributed by atoms with Gasteiger partial charge in [0.15, 0.2) is 0 Å². The monoisotopic (exact) mass is 491 g/mol. The van der Waals surface area contributed by atoms with Gasteiger partial charge in [-0.3, -0.25) is 4.79 Å². The maximum atomic E-state index is 12.9. The van der Waals surface area contributed by atoms with Crippen molar-refractivity contribution in [3.63, 3.8) is 0 Å². The van der Waals surface area contributed by atoms with Crippen LogP contribution in [0.3, 0.4) is 0 Å². The zero-order valence-electron chi connectivity index (χ0n) is 17.7. The Kier molecular flexibility index (Phi) is 7.82. The van der Waals surface area contributed by atoms with Gasteiger partial charge in [-0.2, -0.15) is 8.42 Å². The molecule has 32 heavy (non-hydrogen) atoms. The molecule has 0 aliphatic rings. The Bertz CT molecular complexity index is 1180. The summed E-state index contributed by atoms with van der Waals surface area (Å²) in [5, 5.41) is 0.976. The molecule has 0 saturated heterocycles. The Morgan fingerprint density at radius 3 is 2.22 bits per heavy atom. The van der Waals surface area contributed by atoms with Crippen molar-refractivity contribution in [2.75, 3.05) is 13.6 Å². The standard InChI is InChI=1S/C24H23Cl2NO4S/c1-3-17(19-11-14-22(25)23(26)15-19)16-27(2)24(28)18-9-12-20(13-10-18)31-32(29,30)21-7-5-4-6-8-21/h4-15,17H,3,16H2,1-2H3. The van der Waals surface area contributed by atoms with E-state index >= 15 is 0 Å². The van der Waals surface area contributed by atoms with E-state index in [1.165, 1.54) is 24.3 Å². The third kappa shape index (κ3) is 5.82. The highest BCUT2D eigenvalue weighted by Gasteiger charge is 2.20. The lowest BCUT2D eigenvalue weighted by Crippen LogP contribution is -2.31. The maximum Gasteiger partial charge on any atom is 0.339 e. The molecular formula is C24H23Cl2NO4S. The Morgan fingerprint density at radius 2 is 1.62 bits per heavy atom. The minimum Gasteiger partial charge on any atom is -0.379 e. The van der Waals surface area contributed by atoms with Crippen molar-refractivity contribution in [1.82, 2.24) is 4.90 Å². The van der Waals surface area contributed by atoms with Gasteiger partial charge < -0.3 is 9.08 Å². The average Bonchev–Trinajstić information content (AvgIpc) is 2.79. The lowest BCUT2D eigenvalue weighted by Gasteiger charge is -2.24. The van der Waals surface area contributed by atoms with Crippen molar-refractivity contribution in [3.8, 4) is 5.75 Å². The van der Waals surface area contributed by atoms with Gasteiger partial charge in [0.1, 0.15) is 10.6 Å². The quantitative estimate of drug-likeness (QED) is 0.361. The van der Waals surface area contributed by atoms with Gasteiger partial charge in [0, 0.05) is 25.1 Å². The van der Waals surface area contributed by atoms with Crippen LogP contribution in [0.1, 0.15) is 35.2 Å². The summed E-state index contributed by atoms with van der Waals surface area (Å²) in [6.45, 7) is 2.54. The van der Waals surface area contributed by atoms with Crippen molar-refractivity contribution in [2.45, 2.75) is 24.2 Å². The molecule has 3 aromatic carbocycles. The molecule has 0 saturated carbocycles. The van der Waals surface area contributed by atoms with Gasteiger partial charge in [0.05, 0.1) is 10.0 Å². The lowest BCUT2D eigenvalue weighted by molar-refractivity contribution is 0.0785. The van der Waals surface area contributed by atoms with Crippen LogP contribution in [-0.4, -0.2) is 32.8 Å². The summed E-state index contributed by atoms with van der Waals surface area (Å²) in [6.07, 6.45) is 0.819. The molecule has 0 aromatic heterocycles. The molecule has 0 bridgehead atoms. The van der Waals surface area contributed by atoms with E-state index in [1.807, 2.05) is 19.1 Å². The SMILES string of the molecule is CCC(CN(C)C(=O)c1ccc(OS(=O)(=O)c2ccccc2)cc1)c1ccc(Cl)c(Cl)c1. The summed E-state index contributed by atoms with van der Waals surface area (Å²) in [5.74, 6) is 0.0496. The highest BCUT2D eigenvalue weighted by atomic mass is 35.5. The molecule has 0 spiro atoms. The molecule has 5 nitrogen and oxygen atoms in total. The Hall–Kier alpha value is -2.54. The number of hydrogen-bond donors (Lipinski definition) is 0. The third-order valence-electron chi connectivity index (χ3n) is 5.09. The van der Waals surface area contributed by atoms with E-state index in [4.69, 9.17) is 27.4 Å². The summed E-state index contributed by atoms with van der Waals surface area (Å²) in [5.41, 5.74) is 1.44. The molecule has 0 radical (unpaired) electrons. The summed E-state index contributed by atoms with van der Waals surface area (Å²) in [7, 11) is -2.21. The van der Waals surface area contributed by atoms with Gasteiger partial charge in [-0.1, -0.05) is 54.4 Å². The second-order valence-corrected chi connectivity index (χ2v) is 9.70. The first kappa shape index (κ1) is 24.1. The number of benzene rings is 3. The minimum absolute atomic E-state index is 0.0628. The third-order valence-corrected chi connectivity index (χ3v) is 7.09. The lowest BCUT2D eigenvalue weighted by atomic mass is 9.96. The summed E-state index contributed by atoms with van der Waals surface area (Å²) in [6, 6.07) is 19.4. The van der Waals surface area contributed by atoms with Crippen molar-refractivity contribution < 1.29 is 17.4 Å². The molecule has 0 heterocycles. The fourth-order valence-corrected chi connectivity index (χ4v) is 4.54. The maximum absolute atomic E-state index is 12.9. The van der Waals surface area contributed by atoms with Crippen LogP contribution in [0.2, 0.25) is 10.0 Å². The van der Waals surface area contributed by atoms with Crippen LogP contribution in [0.15, 0.2) is 77.7 Å². The molecule has 168 valence electrons. The zero-order valence-corrected chi connectivity index (χ0v) is 20.0. The van der Waals surface area contributed by atoms with Crippen molar-refractivity contribution in [2.24, 2.45) is 0 Å². The number of carbonyl (C=O) groups excluding carboxylic acids is 1. The molecule has 0 aliphatic heterocycles. The van der Waals surface area contributed by atoms with Gasteiger partial charge in [-0.15, -0.1) is 0 Å². The Labute approximate surface area is 198 Å². The molecule has 0 N–H and O–H groups in total. The van der Waals surface area contributed by atoms with Crippen LogP contribution in [0, 0.1) is 0 Å². The highest BCUT2D eigenvalue weighted by molar-refractivity contribution is 7.87. The number of hydrogen-bond acceptors (Lipinski definition) is 4. The largest absolute Gasteiger partial charge is 0.379 e. The summed E-state index contributed by atoms with van der Waals surface area (Å²) in [4.78, 5) is 14.6. The highest BCUT2D eigenvalue weighted by Crippen LogP contribution is 2.29. The Morgan fingerprint density at radius 1 is 0.969 bits per heavy atom. The van der Waals surface area contributed by atoms with Gasteiger partial charge in [-0.25, -0.2) is 0 Å². The first-order chi connectivity index (χ1) is 15.2. The van der Waals surface area contributed by atoms with Crippen LogP contribution < -0.4 is 4.18 Å². The van der Waals surface area contributed by atoms with Gasteiger partial charge in [-0.05, 0) is 60.5 Å². The first-order valence-corrected chi connectivity index (χ1v) is 12.2. The number of carbonyl (C=O) groups is 1. The molecule has 3 rings (SSSR count). The average molecular weight is 492 g/mol. The van der Waals surface area contributed by atoms with E-state index < -0.39 is 10.1 Å². The van der Waals surface area contributed by atoms with Crippen LogP contribution in [0.4, 0.5) is 0 Å². The van der Waals surface area contributed by atoms with Gasteiger partial charge >= 0.3 is 10.1 Å². The smallest absolute Gasteiger partial charge is 0.339 e. The van der Waals surface area contributed by atoms with E-state index in [-0.39, 0.29) is 22.5 Å². The Balaban J connectivity index is 1.68. The molecule has 8 heteroatoms. The van der Waals surface area contributed by atoms with Crippen LogP contribution in [-0.2, 0) is 10.1 Å². The molecule has 1 atom stereocenters. The number of rotatable bonds is 8. The van der Waals surface area contributed by atoms with Crippen LogP contribution in [0.5, 0.6) is 5.75 Å². The van der Waals surface area contributed by atoms with Gasteiger partial charge in [0.2, 0.25) is 0 Å². The van der Waals surface area contributed by atoms with E-state index in [0.29, 0.717) is 22.2 Å². The van der Waals surface area contributed by atoms with E-state index in [0.717, 1.165) is 12.0 Å². The van der Waals surface area contributed by atoms with Gasteiger partial charge in [0.25, 0.3) is 5.91 Å². The van der Waals surface area contributed by atoms with Crippen molar-refractivity contribution in [3.05, 3.63) is 94.0 Å². The van der Waals surface area contributed by atoms with E-state index in [9.17, 15) is 13.2 Å². The van der Waals surface area contributed by atoms with Crippen LogP contribution in [0.25, 0.3) is 0 Å². The second kappa shape index (κ2) is 10.4. The predicted octanol–water partition coefficient (Wildman–Crippen LogP) is 6.03. The molecule has 0 aliphatic carbocycles. The first-order valence-electron chi connectivity index (χ1n) is 10.0. The van der Waals surface area contributed by atoms with Crippen molar-refractivity contribution in [1.29, 1.82) is 0 Å². The topological polar surface area (TPSA) is 63.7 Å². The molecule has 3 aromatic rings. The molecule has 1 amide bonds. The zero-order chi connectivity index (χ0) is 23.3. The fourth-order valence-electron chi connectivity index (χ4n) is 3.29.